The van der Waals surface area contributed by atoms with Crippen molar-refractivity contribution in [2.75, 3.05) is 6.61 Å². The van der Waals surface area contributed by atoms with E-state index in [0.717, 1.165) is 30.3 Å². The molecule has 0 radical (unpaired) electrons. The average Bonchev–Trinajstić information content (AvgIpc) is 2.37. The lowest BCUT2D eigenvalue weighted by Crippen LogP contribution is -2.47. The van der Waals surface area contributed by atoms with Gasteiger partial charge >= 0.3 is 0 Å². The highest BCUT2D eigenvalue weighted by Gasteiger charge is 2.45. The van der Waals surface area contributed by atoms with E-state index in [1.54, 1.807) is 0 Å². The Balaban J connectivity index is 1.81. The summed E-state index contributed by atoms with van der Waals surface area (Å²) in [6.45, 7) is 5.02. The van der Waals surface area contributed by atoms with E-state index in [0.29, 0.717) is 6.10 Å². The summed E-state index contributed by atoms with van der Waals surface area (Å²) in [5.74, 6) is 3.52. The molecule has 3 rings (SSSR count). The van der Waals surface area contributed by atoms with Crippen molar-refractivity contribution in [1.29, 1.82) is 0 Å². The van der Waals surface area contributed by atoms with Gasteiger partial charge in [-0.1, -0.05) is 25.3 Å². The van der Waals surface area contributed by atoms with E-state index in [-0.39, 0.29) is 0 Å². The zero-order valence-corrected chi connectivity index (χ0v) is 10.2. The van der Waals surface area contributed by atoms with Crippen LogP contribution in [-0.2, 0) is 4.74 Å². The fourth-order valence-corrected chi connectivity index (χ4v) is 4.56. The van der Waals surface area contributed by atoms with Crippen molar-refractivity contribution in [2.24, 2.45) is 23.7 Å². The second-order valence-corrected chi connectivity index (χ2v) is 5.96. The van der Waals surface area contributed by atoms with Crippen molar-refractivity contribution in [2.45, 2.75) is 51.0 Å². The highest BCUT2D eigenvalue weighted by Crippen LogP contribution is 2.49. The highest BCUT2D eigenvalue weighted by molar-refractivity contribution is 4.99. The third-order valence-corrected chi connectivity index (χ3v) is 5.29. The van der Waals surface area contributed by atoms with Gasteiger partial charge < -0.3 is 4.74 Å². The maximum Gasteiger partial charge on any atom is 0.0611 e. The van der Waals surface area contributed by atoms with Crippen LogP contribution in [0.15, 0.2) is 12.7 Å². The van der Waals surface area contributed by atoms with Gasteiger partial charge in [-0.05, 0) is 49.4 Å². The molecule has 0 aromatic carbocycles. The molecule has 1 heteroatoms. The predicted molar refractivity (Wildman–Crippen MR) is 66.2 cm³/mol. The van der Waals surface area contributed by atoms with E-state index in [1.165, 1.54) is 44.9 Å². The van der Waals surface area contributed by atoms with Crippen LogP contribution in [0, 0.1) is 23.7 Å². The maximum absolute atomic E-state index is 6.02. The summed E-state index contributed by atoms with van der Waals surface area (Å²) in [6.07, 6.45) is 12.6. The Bertz CT molecular complexity index is 260. The average molecular weight is 220 g/mol. The van der Waals surface area contributed by atoms with Gasteiger partial charge in [-0.2, -0.15) is 0 Å². The number of hydrogen-bond acceptors (Lipinski definition) is 1. The first kappa shape index (κ1) is 10.8. The fourth-order valence-electron chi connectivity index (χ4n) is 4.56. The monoisotopic (exact) mass is 220 g/mol. The summed E-state index contributed by atoms with van der Waals surface area (Å²) < 4.78 is 6.02. The molecule has 1 aliphatic heterocycles. The molecule has 0 bridgehead atoms. The number of hydrogen-bond donors (Lipinski definition) is 0. The summed E-state index contributed by atoms with van der Waals surface area (Å²) in [5.41, 5.74) is 0. The van der Waals surface area contributed by atoms with Gasteiger partial charge in [0.25, 0.3) is 0 Å². The number of fused-ring (bicyclic) bond motifs is 3. The minimum atomic E-state index is 0.566. The zero-order chi connectivity index (χ0) is 11.0. The fraction of sp³-hybridized carbons (Fsp3) is 0.867. The molecule has 5 atom stereocenters. The van der Waals surface area contributed by atoms with Crippen LogP contribution in [0.3, 0.4) is 0 Å². The minimum Gasteiger partial charge on any atom is -0.378 e. The summed E-state index contributed by atoms with van der Waals surface area (Å²) in [7, 11) is 0. The van der Waals surface area contributed by atoms with Crippen molar-refractivity contribution in [1.82, 2.24) is 0 Å². The van der Waals surface area contributed by atoms with Crippen molar-refractivity contribution < 1.29 is 4.74 Å². The van der Waals surface area contributed by atoms with Crippen molar-refractivity contribution in [3.8, 4) is 0 Å². The van der Waals surface area contributed by atoms with Gasteiger partial charge in [0.05, 0.1) is 6.10 Å². The van der Waals surface area contributed by atoms with E-state index < -0.39 is 0 Å². The molecule has 16 heavy (non-hydrogen) atoms. The van der Waals surface area contributed by atoms with Crippen LogP contribution in [0.2, 0.25) is 0 Å². The second-order valence-electron chi connectivity index (χ2n) is 5.96. The van der Waals surface area contributed by atoms with Crippen LogP contribution in [0.1, 0.15) is 44.9 Å². The Morgan fingerprint density at radius 1 is 1.00 bits per heavy atom. The lowest BCUT2D eigenvalue weighted by molar-refractivity contribution is -0.112. The van der Waals surface area contributed by atoms with Gasteiger partial charge in [-0.15, -0.1) is 6.58 Å². The molecule has 0 amide bonds. The van der Waals surface area contributed by atoms with Crippen LogP contribution in [0.4, 0.5) is 0 Å². The molecule has 0 aromatic heterocycles. The molecule has 1 saturated heterocycles. The zero-order valence-electron chi connectivity index (χ0n) is 10.2. The number of allylic oxidation sites excluding steroid dienone is 1. The number of rotatable bonds is 1. The van der Waals surface area contributed by atoms with Gasteiger partial charge in [0, 0.05) is 6.61 Å². The quantitative estimate of drug-likeness (QED) is 0.611. The SMILES string of the molecule is C=CC1CCOC2CCC3CCCCC3C12. The molecule has 0 N–H and O–H groups in total. The Labute approximate surface area is 99.3 Å². The van der Waals surface area contributed by atoms with Gasteiger partial charge in [0.2, 0.25) is 0 Å². The van der Waals surface area contributed by atoms with Gasteiger partial charge in [0.15, 0.2) is 0 Å². The van der Waals surface area contributed by atoms with E-state index in [9.17, 15) is 0 Å². The van der Waals surface area contributed by atoms with Gasteiger partial charge in [0.1, 0.15) is 0 Å². The van der Waals surface area contributed by atoms with Crippen LogP contribution >= 0.6 is 0 Å². The molecule has 90 valence electrons. The molecule has 1 nitrogen and oxygen atoms in total. The standard InChI is InChI=1S/C15H24O/c1-2-11-9-10-16-14-8-7-12-5-3-4-6-13(12)15(11)14/h2,11-15H,1,3-10H2. The molecule has 2 aliphatic carbocycles. The Morgan fingerprint density at radius 2 is 1.88 bits per heavy atom. The molecule has 3 fully saturated rings. The Kier molecular flexibility index (Phi) is 3.06. The summed E-state index contributed by atoms with van der Waals surface area (Å²) >= 11 is 0. The third-order valence-electron chi connectivity index (χ3n) is 5.29. The Morgan fingerprint density at radius 3 is 2.75 bits per heavy atom. The topological polar surface area (TPSA) is 9.23 Å². The third kappa shape index (κ3) is 1.73. The summed E-state index contributed by atoms with van der Waals surface area (Å²) in [5, 5.41) is 0. The van der Waals surface area contributed by atoms with Crippen molar-refractivity contribution in [3.05, 3.63) is 12.7 Å². The van der Waals surface area contributed by atoms with Crippen LogP contribution in [0.25, 0.3) is 0 Å². The number of ether oxygens (including phenoxy) is 1. The smallest absolute Gasteiger partial charge is 0.0611 e. The lowest BCUT2D eigenvalue weighted by atomic mass is 9.60. The molecular weight excluding hydrogens is 196 g/mol. The molecule has 0 spiro atoms. The minimum absolute atomic E-state index is 0.566. The maximum atomic E-state index is 6.02. The largest absolute Gasteiger partial charge is 0.378 e. The summed E-state index contributed by atoms with van der Waals surface area (Å²) in [4.78, 5) is 0. The first-order valence-corrected chi connectivity index (χ1v) is 7.14. The molecule has 2 saturated carbocycles. The van der Waals surface area contributed by atoms with Gasteiger partial charge in [-0.25, -0.2) is 0 Å². The van der Waals surface area contributed by atoms with E-state index >= 15 is 0 Å². The molecule has 5 unspecified atom stereocenters. The van der Waals surface area contributed by atoms with Crippen LogP contribution in [-0.4, -0.2) is 12.7 Å². The lowest BCUT2D eigenvalue weighted by Gasteiger charge is -2.50. The van der Waals surface area contributed by atoms with Crippen molar-refractivity contribution in [3.63, 3.8) is 0 Å². The van der Waals surface area contributed by atoms with Crippen LogP contribution < -0.4 is 0 Å². The van der Waals surface area contributed by atoms with Gasteiger partial charge in [-0.3, -0.25) is 0 Å². The van der Waals surface area contributed by atoms with E-state index in [2.05, 4.69) is 12.7 Å². The summed E-state index contributed by atoms with van der Waals surface area (Å²) in [6, 6.07) is 0. The van der Waals surface area contributed by atoms with E-state index in [1.807, 2.05) is 0 Å². The first-order valence-electron chi connectivity index (χ1n) is 7.14. The normalized spacial score (nSPS) is 47.9. The van der Waals surface area contributed by atoms with Crippen LogP contribution in [0.5, 0.6) is 0 Å². The molecule has 0 aromatic rings. The second kappa shape index (κ2) is 4.52. The molecule has 3 aliphatic rings. The molecule has 1 heterocycles. The first-order chi connectivity index (χ1) is 7.90. The molecular formula is C15H24O. The van der Waals surface area contributed by atoms with Crippen molar-refractivity contribution >= 4 is 0 Å². The Hall–Kier alpha value is -0.300. The van der Waals surface area contributed by atoms with E-state index in [4.69, 9.17) is 4.74 Å². The highest BCUT2D eigenvalue weighted by atomic mass is 16.5. The predicted octanol–water partition coefficient (Wildman–Crippen LogP) is 3.79.